The van der Waals surface area contributed by atoms with Gasteiger partial charge in [-0.1, -0.05) is 11.6 Å². The zero-order valence-electron chi connectivity index (χ0n) is 8.90. The molecule has 82 valence electrons. The highest BCUT2D eigenvalue weighted by Gasteiger charge is 2.41. The van der Waals surface area contributed by atoms with Gasteiger partial charge in [-0.25, -0.2) is 4.39 Å². The highest BCUT2D eigenvalue weighted by Crippen LogP contribution is 2.40. The topological polar surface area (TPSA) is 20.2 Å². The Morgan fingerprint density at radius 1 is 1.47 bits per heavy atom. The number of hydrogen-bond donors (Lipinski definition) is 1. The van der Waals surface area contributed by atoms with Crippen molar-refractivity contribution in [3.8, 4) is 0 Å². The molecule has 0 heterocycles. The molecule has 0 spiro atoms. The van der Waals surface area contributed by atoms with Crippen LogP contribution in [-0.2, 0) is 6.42 Å². The van der Waals surface area contributed by atoms with E-state index in [0.717, 1.165) is 24.0 Å². The summed E-state index contributed by atoms with van der Waals surface area (Å²) in [6.07, 6.45) is 1.90. The van der Waals surface area contributed by atoms with Gasteiger partial charge in [0.05, 0.1) is 10.6 Å². The van der Waals surface area contributed by atoms with Gasteiger partial charge < -0.3 is 5.11 Å². The smallest absolute Gasteiger partial charge is 0.145 e. The van der Waals surface area contributed by atoms with Crippen LogP contribution in [0, 0.1) is 19.7 Å². The SMILES string of the molecule is Cc1cc(Cl)c(F)c(CC2(O)CC2)c1C. The Hall–Kier alpha value is -0.600. The first kappa shape index (κ1) is 10.9. The van der Waals surface area contributed by atoms with Crippen LogP contribution in [-0.4, -0.2) is 10.7 Å². The monoisotopic (exact) mass is 228 g/mol. The molecule has 0 bridgehead atoms. The average Bonchev–Trinajstić information content (AvgIpc) is 2.89. The predicted molar refractivity (Wildman–Crippen MR) is 58.8 cm³/mol. The molecule has 1 N–H and O–H groups in total. The Morgan fingerprint density at radius 3 is 2.60 bits per heavy atom. The quantitative estimate of drug-likeness (QED) is 0.825. The summed E-state index contributed by atoms with van der Waals surface area (Å²) in [5.41, 5.74) is 1.76. The maximum atomic E-state index is 13.8. The first-order chi connectivity index (χ1) is 6.93. The van der Waals surface area contributed by atoms with Crippen LogP contribution >= 0.6 is 11.6 Å². The van der Waals surface area contributed by atoms with E-state index in [1.807, 2.05) is 13.8 Å². The predicted octanol–water partition coefficient (Wildman–Crippen LogP) is 3.16. The first-order valence-electron chi connectivity index (χ1n) is 5.09. The van der Waals surface area contributed by atoms with E-state index in [1.165, 1.54) is 0 Å². The molecule has 0 unspecified atom stereocenters. The zero-order valence-corrected chi connectivity index (χ0v) is 9.66. The van der Waals surface area contributed by atoms with Crippen molar-refractivity contribution in [3.05, 3.63) is 33.6 Å². The Balaban J connectivity index is 2.44. The highest BCUT2D eigenvalue weighted by atomic mass is 35.5. The summed E-state index contributed by atoms with van der Waals surface area (Å²) in [4.78, 5) is 0. The van der Waals surface area contributed by atoms with Crippen molar-refractivity contribution in [2.75, 3.05) is 0 Å². The van der Waals surface area contributed by atoms with Gasteiger partial charge in [-0.05, 0) is 49.4 Å². The van der Waals surface area contributed by atoms with Crippen molar-refractivity contribution in [1.82, 2.24) is 0 Å². The highest BCUT2D eigenvalue weighted by molar-refractivity contribution is 6.30. The lowest BCUT2D eigenvalue weighted by Gasteiger charge is -2.14. The second-order valence-corrected chi connectivity index (χ2v) is 4.90. The van der Waals surface area contributed by atoms with Crippen molar-refractivity contribution in [2.24, 2.45) is 0 Å². The molecule has 0 saturated heterocycles. The van der Waals surface area contributed by atoms with Crippen molar-refractivity contribution >= 4 is 11.6 Å². The molecule has 2 rings (SSSR count). The van der Waals surface area contributed by atoms with Crippen LogP contribution in [0.15, 0.2) is 6.07 Å². The maximum absolute atomic E-state index is 13.8. The van der Waals surface area contributed by atoms with Crippen LogP contribution in [0.1, 0.15) is 29.5 Å². The molecule has 0 amide bonds. The van der Waals surface area contributed by atoms with E-state index in [0.29, 0.717) is 12.0 Å². The van der Waals surface area contributed by atoms with Crippen molar-refractivity contribution in [3.63, 3.8) is 0 Å². The third-order valence-electron chi connectivity index (χ3n) is 3.20. The van der Waals surface area contributed by atoms with Crippen LogP contribution in [0.2, 0.25) is 5.02 Å². The molecule has 1 aliphatic carbocycles. The lowest BCUT2D eigenvalue weighted by atomic mass is 9.97. The standard InChI is InChI=1S/C12H14ClFO/c1-7-5-10(13)11(14)9(8(7)2)6-12(15)3-4-12/h5,15H,3-4,6H2,1-2H3. The molecular weight excluding hydrogens is 215 g/mol. The van der Waals surface area contributed by atoms with E-state index in [-0.39, 0.29) is 10.8 Å². The van der Waals surface area contributed by atoms with Crippen LogP contribution in [0.25, 0.3) is 0 Å². The van der Waals surface area contributed by atoms with Gasteiger partial charge >= 0.3 is 0 Å². The minimum atomic E-state index is -0.678. The number of hydrogen-bond acceptors (Lipinski definition) is 1. The van der Waals surface area contributed by atoms with E-state index < -0.39 is 5.60 Å². The molecule has 15 heavy (non-hydrogen) atoms. The van der Waals surface area contributed by atoms with E-state index in [2.05, 4.69) is 0 Å². The van der Waals surface area contributed by atoms with Crippen LogP contribution in [0.4, 0.5) is 4.39 Å². The summed E-state index contributed by atoms with van der Waals surface area (Å²) in [6, 6.07) is 1.63. The fraction of sp³-hybridized carbons (Fsp3) is 0.500. The van der Waals surface area contributed by atoms with Gasteiger partial charge in [0.15, 0.2) is 0 Å². The zero-order chi connectivity index (χ0) is 11.2. The van der Waals surface area contributed by atoms with Crippen LogP contribution in [0.5, 0.6) is 0 Å². The van der Waals surface area contributed by atoms with E-state index in [1.54, 1.807) is 6.07 Å². The Labute approximate surface area is 93.9 Å². The lowest BCUT2D eigenvalue weighted by Crippen LogP contribution is -2.14. The largest absolute Gasteiger partial charge is 0.390 e. The molecule has 1 aromatic rings. The minimum Gasteiger partial charge on any atom is -0.390 e. The van der Waals surface area contributed by atoms with Gasteiger partial charge in [-0.2, -0.15) is 0 Å². The molecule has 1 aliphatic rings. The molecule has 3 heteroatoms. The second kappa shape index (κ2) is 3.46. The minimum absolute atomic E-state index is 0.150. The Morgan fingerprint density at radius 2 is 2.07 bits per heavy atom. The van der Waals surface area contributed by atoms with Gasteiger partial charge in [-0.15, -0.1) is 0 Å². The van der Waals surface area contributed by atoms with Crippen LogP contribution < -0.4 is 0 Å². The lowest BCUT2D eigenvalue weighted by molar-refractivity contribution is 0.149. The van der Waals surface area contributed by atoms with E-state index in [9.17, 15) is 9.50 Å². The number of benzene rings is 1. The van der Waals surface area contributed by atoms with Gasteiger partial charge in [-0.3, -0.25) is 0 Å². The third kappa shape index (κ3) is 2.01. The fourth-order valence-electron chi connectivity index (χ4n) is 1.77. The summed E-state index contributed by atoms with van der Waals surface area (Å²) >= 11 is 5.78. The Kier molecular flexibility index (Phi) is 2.52. The number of aliphatic hydroxyl groups is 1. The van der Waals surface area contributed by atoms with E-state index in [4.69, 9.17) is 11.6 Å². The van der Waals surface area contributed by atoms with Crippen molar-refractivity contribution < 1.29 is 9.50 Å². The number of rotatable bonds is 2. The summed E-state index contributed by atoms with van der Waals surface area (Å²) in [5.74, 6) is -0.375. The summed E-state index contributed by atoms with van der Waals surface area (Å²) in [6.45, 7) is 3.77. The molecule has 1 fully saturated rings. The average molecular weight is 229 g/mol. The third-order valence-corrected chi connectivity index (χ3v) is 3.47. The first-order valence-corrected chi connectivity index (χ1v) is 5.47. The van der Waals surface area contributed by atoms with Gasteiger partial charge in [0.2, 0.25) is 0 Å². The molecule has 1 nitrogen and oxygen atoms in total. The maximum Gasteiger partial charge on any atom is 0.145 e. The fourth-order valence-corrected chi connectivity index (χ4v) is 2.05. The molecule has 0 atom stereocenters. The van der Waals surface area contributed by atoms with Gasteiger partial charge in [0, 0.05) is 6.42 Å². The van der Waals surface area contributed by atoms with Crippen molar-refractivity contribution in [1.29, 1.82) is 0 Å². The summed E-state index contributed by atoms with van der Waals surface area (Å²) < 4.78 is 13.8. The van der Waals surface area contributed by atoms with E-state index >= 15 is 0 Å². The van der Waals surface area contributed by atoms with Crippen LogP contribution in [0.3, 0.4) is 0 Å². The summed E-state index contributed by atoms with van der Waals surface area (Å²) in [7, 11) is 0. The molecule has 1 saturated carbocycles. The number of aryl methyl sites for hydroxylation is 1. The molecular formula is C12H14ClFO. The molecule has 0 aliphatic heterocycles. The normalized spacial score (nSPS) is 17.9. The molecule has 0 aromatic heterocycles. The molecule has 1 aromatic carbocycles. The van der Waals surface area contributed by atoms with Gasteiger partial charge in [0.1, 0.15) is 5.82 Å². The summed E-state index contributed by atoms with van der Waals surface area (Å²) in [5, 5.41) is 9.95. The van der Waals surface area contributed by atoms with Crippen molar-refractivity contribution in [2.45, 2.75) is 38.7 Å². The van der Waals surface area contributed by atoms with Gasteiger partial charge in [0.25, 0.3) is 0 Å². The molecule has 0 radical (unpaired) electrons. The Bertz CT molecular complexity index is 384. The second-order valence-electron chi connectivity index (χ2n) is 4.49. The number of halogens is 2.